The maximum absolute atomic E-state index is 15.3. The van der Waals surface area contributed by atoms with Crippen molar-refractivity contribution in [3.8, 4) is 5.75 Å². The van der Waals surface area contributed by atoms with Gasteiger partial charge in [0.25, 0.3) is 5.91 Å². The molecule has 2 saturated carbocycles. The number of ketones is 1. The van der Waals surface area contributed by atoms with Crippen LogP contribution in [-0.2, 0) is 11.2 Å². The number of para-hydroxylation sites is 1. The molecule has 0 saturated heterocycles. The zero-order valence-corrected chi connectivity index (χ0v) is 22.3. The van der Waals surface area contributed by atoms with Gasteiger partial charge in [0, 0.05) is 30.5 Å². The first-order chi connectivity index (χ1) is 18.9. The summed E-state index contributed by atoms with van der Waals surface area (Å²) in [5.74, 6) is 0.0301. The number of Topliss-reactive ketones (excluding diaryl/α,β-unsaturated/α-hetero) is 1. The number of phenolic OH excluding ortho intramolecular Hbond substituents is 1. The summed E-state index contributed by atoms with van der Waals surface area (Å²) < 4.78 is 15.3. The Balaban J connectivity index is 1.31. The zero-order chi connectivity index (χ0) is 27.1. The molecule has 0 radical (unpaired) electrons. The highest BCUT2D eigenvalue weighted by atomic mass is 19.1. The van der Waals surface area contributed by atoms with Crippen molar-refractivity contribution in [1.29, 1.82) is 0 Å². The summed E-state index contributed by atoms with van der Waals surface area (Å²) in [7, 11) is 0. The molecule has 6 rings (SSSR count). The number of aromatic hydroxyl groups is 1. The maximum Gasteiger partial charge on any atom is 0.255 e. The molecule has 6 atom stereocenters. The van der Waals surface area contributed by atoms with Gasteiger partial charge in [0.1, 0.15) is 17.3 Å². The second-order valence-corrected chi connectivity index (χ2v) is 11.8. The average Bonchev–Trinajstić information content (AvgIpc) is 3.22. The van der Waals surface area contributed by atoms with E-state index in [0.717, 1.165) is 25.7 Å². The fraction of sp³-hybridized carbons (Fsp3) is 0.424. The van der Waals surface area contributed by atoms with Crippen LogP contribution in [0.2, 0.25) is 0 Å². The summed E-state index contributed by atoms with van der Waals surface area (Å²) in [5, 5.41) is 13.0. The molecule has 0 spiro atoms. The van der Waals surface area contributed by atoms with Crippen molar-refractivity contribution in [1.82, 2.24) is 10.3 Å². The lowest BCUT2D eigenvalue weighted by Gasteiger charge is -2.50. The van der Waals surface area contributed by atoms with Crippen molar-refractivity contribution in [3.63, 3.8) is 0 Å². The summed E-state index contributed by atoms with van der Waals surface area (Å²) in [6.07, 6.45) is 6.39. The number of nitrogens with one attached hydrogen (secondary N) is 1. The number of hydrogen-bond acceptors (Lipinski definition) is 4. The Morgan fingerprint density at radius 3 is 2.74 bits per heavy atom. The number of phenols is 1. The zero-order valence-electron chi connectivity index (χ0n) is 22.3. The Bertz CT molecular complexity index is 1410. The minimum Gasteiger partial charge on any atom is -0.507 e. The van der Waals surface area contributed by atoms with Crippen LogP contribution in [0.15, 0.2) is 66.9 Å². The topological polar surface area (TPSA) is 79.3 Å². The van der Waals surface area contributed by atoms with Crippen molar-refractivity contribution in [2.45, 2.75) is 57.3 Å². The van der Waals surface area contributed by atoms with Crippen LogP contribution in [0.25, 0.3) is 0 Å². The number of aryl methyl sites for hydroxylation is 1. The number of halogens is 1. The summed E-state index contributed by atoms with van der Waals surface area (Å²) in [4.78, 5) is 30.9. The number of rotatable bonds is 6. The first-order valence-electron chi connectivity index (χ1n) is 14.2. The molecule has 0 bridgehead atoms. The van der Waals surface area contributed by atoms with Crippen molar-refractivity contribution >= 4 is 11.7 Å². The van der Waals surface area contributed by atoms with Gasteiger partial charge in [0.05, 0.1) is 11.3 Å². The van der Waals surface area contributed by atoms with E-state index < -0.39 is 5.41 Å². The van der Waals surface area contributed by atoms with Gasteiger partial charge >= 0.3 is 0 Å². The van der Waals surface area contributed by atoms with E-state index in [1.54, 1.807) is 30.5 Å². The standard InChI is InChI=1S/C33H35FN2O3/c1-33-16-14-22-21-8-3-2-7-20(21)12-13-23(22)30(33)26(19-29(33)38)24(31-27(34)10-6-17-35-31)15-18-36-32(39)25-9-4-5-11-28(25)37/h2-11,17,22-24,26,30,37H,12-16,18-19H2,1H3,(H,36,39)/t22?,23?,24?,26-,30?,33+/m0/s1. The fourth-order valence-corrected chi connectivity index (χ4v) is 8.18. The molecule has 3 aromatic rings. The number of aromatic nitrogens is 1. The first kappa shape index (κ1) is 25.7. The Morgan fingerprint density at radius 2 is 1.92 bits per heavy atom. The lowest BCUT2D eigenvalue weighted by atomic mass is 9.53. The molecule has 1 aromatic heterocycles. The smallest absolute Gasteiger partial charge is 0.255 e. The summed E-state index contributed by atoms with van der Waals surface area (Å²) in [6.45, 7) is 2.43. The van der Waals surface area contributed by atoms with Crippen molar-refractivity contribution in [2.24, 2.45) is 23.2 Å². The van der Waals surface area contributed by atoms with Gasteiger partial charge in [-0.25, -0.2) is 4.39 Å². The van der Waals surface area contributed by atoms with Crippen molar-refractivity contribution < 1.29 is 19.1 Å². The van der Waals surface area contributed by atoms with Gasteiger partial charge in [-0.05, 0) is 91.2 Å². The average molecular weight is 527 g/mol. The number of pyridine rings is 1. The normalized spacial score (nSPS) is 28.2. The van der Waals surface area contributed by atoms with Crippen LogP contribution in [0, 0.1) is 29.0 Å². The van der Waals surface area contributed by atoms with Gasteiger partial charge in [-0.1, -0.05) is 43.3 Å². The Morgan fingerprint density at radius 1 is 1.13 bits per heavy atom. The molecule has 39 heavy (non-hydrogen) atoms. The predicted octanol–water partition coefficient (Wildman–Crippen LogP) is 6.18. The maximum atomic E-state index is 15.3. The summed E-state index contributed by atoms with van der Waals surface area (Å²) >= 11 is 0. The Kier molecular flexibility index (Phi) is 6.74. The van der Waals surface area contributed by atoms with E-state index in [1.165, 1.54) is 23.3 Å². The quantitative estimate of drug-likeness (QED) is 0.402. The first-order valence-corrected chi connectivity index (χ1v) is 14.2. The Hall–Kier alpha value is -3.54. The third-order valence-corrected chi connectivity index (χ3v) is 9.95. The van der Waals surface area contributed by atoms with Gasteiger partial charge in [-0.2, -0.15) is 0 Å². The highest BCUT2D eigenvalue weighted by molar-refractivity contribution is 5.96. The number of carbonyl (C=O) groups is 2. The van der Waals surface area contributed by atoms with Gasteiger partial charge in [0.15, 0.2) is 0 Å². The molecule has 202 valence electrons. The predicted molar refractivity (Wildman–Crippen MR) is 147 cm³/mol. The molecule has 1 amide bonds. The molecule has 2 fully saturated rings. The number of hydrogen-bond donors (Lipinski definition) is 2. The molecule has 2 N–H and O–H groups in total. The molecule has 0 aliphatic heterocycles. The highest BCUT2D eigenvalue weighted by Gasteiger charge is 2.60. The third kappa shape index (κ3) is 4.44. The monoisotopic (exact) mass is 526 g/mol. The number of nitrogens with zero attached hydrogens (tertiary/aromatic N) is 1. The fourth-order valence-electron chi connectivity index (χ4n) is 8.18. The minimum atomic E-state index is -0.416. The van der Waals surface area contributed by atoms with Gasteiger partial charge < -0.3 is 10.4 Å². The van der Waals surface area contributed by atoms with Gasteiger partial charge in [-0.3, -0.25) is 14.6 Å². The molecule has 3 aliphatic rings. The molecule has 1 heterocycles. The lowest BCUT2D eigenvalue weighted by Crippen LogP contribution is -2.45. The van der Waals surface area contributed by atoms with Gasteiger partial charge in [-0.15, -0.1) is 0 Å². The molecule has 3 aliphatic carbocycles. The van der Waals surface area contributed by atoms with Crippen LogP contribution in [0.3, 0.4) is 0 Å². The van der Waals surface area contributed by atoms with Crippen LogP contribution in [0.4, 0.5) is 4.39 Å². The van der Waals surface area contributed by atoms with E-state index in [0.29, 0.717) is 36.9 Å². The minimum absolute atomic E-state index is 0.0491. The number of benzene rings is 2. The molecule has 6 heteroatoms. The molecule has 5 nitrogen and oxygen atoms in total. The highest BCUT2D eigenvalue weighted by Crippen LogP contribution is 2.63. The third-order valence-electron chi connectivity index (χ3n) is 9.95. The molecular formula is C33H35FN2O3. The molecular weight excluding hydrogens is 491 g/mol. The van der Waals surface area contributed by atoms with E-state index in [-0.39, 0.29) is 46.6 Å². The molecule has 4 unspecified atom stereocenters. The van der Waals surface area contributed by atoms with E-state index in [1.807, 2.05) is 0 Å². The summed E-state index contributed by atoms with van der Waals surface area (Å²) in [6, 6.07) is 18.2. The van der Waals surface area contributed by atoms with Crippen LogP contribution < -0.4 is 5.32 Å². The number of amides is 1. The second-order valence-electron chi connectivity index (χ2n) is 11.8. The molecule has 2 aromatic carbocycles. The van der Waals surface area contributed by atoms with Gasteiger partial charge in [0.2, 0.25) is 0 Å². The summed E-state index contributed by atoms with van der Waals surface area (Å²) in [5.41, 5.74) is 3.01. The largest absolute Gasteiger partial charge is 0.507 e. The van der Waals surface area contributed by atoms with Crippen molar-refractivity contribution in [3.05, 3.63) is 95.1 Å². The SMILES string of the molecule is C[C@]12CCC3c4ccccc4CCC3C1[C@H](C(CCNC(=O)c1ccccc1O)c1ncccc1F)CC2=O. The van der Waals surface area contributed by atoms with E-state index in [2.05, 4.69) is 41.5 Å². The Labute approximate surface area is 228 Å². The van der Waals surface area contributed by atoms with E-state index in [4.69, 9.17) is 0 Å². The van der Waals surface area contributed by atoms with Crippen LogP contribution in [0.5, 0.6) is 5.75 Å². The van der Waals surface area contributed by atoms with E-state index in [9.17, 15) is 14.7 Å². The lowest BCUT2D eigenvalue weighted by molar-refractivity contribution is -0.129. The second kappa shape index (κ2) is 10.2. The van der Waals surface area contributed by atoms with E-state index >= 15 is 4.39 Å². The van der Waals surface area contributed by atoms with Crippen molar-refractivity contribution in [2.75, 3.05) is 6.54 Å². The number of carbonyl (C=O) groups excluding carboxylic acids is 2. The number of fused-ring (bicyclic) bond motifs is 5. The van der Waals surface area contributed by atoms with Crippen LogP contribution in [-0.4, -0.2) is 28.3 Å². The van der Waals surface area contributed by atoms with Crippen LogP contribution in [0.1, 0.15) is 78.0 Å². The van der Waals surface area contributed by atoms with Crippen LogP contribution >= 0.6 is 0 Å².